The molecule has 58 valence electrons. The molecule has 3 heteroatoms. The number of anilines is 1. The fourth-order valence-corrected chi connectivity index (χ4v) is 0.907. The Morgan fingerprint density at radius 3 is 2.55 bits per heavy atom. The molecule has 0 aromatic heterocycles. The summed E-state index contributed by atoms with van der Waals surface area (Å²) >= 11 is 2.03. The van der Waals surface area contributed by atoms with E-state index in [0.29, 0.717) is 4.43 Å². The summed E-state index contributed by atoms with van der Waals surface area (Å²) in [6.07, 6.45) is 0. The molecule has 1 aromatic carbocycles. The second-order valence-electron chi connectivity index (χ2n) is 2.05. The number of halogens is 1. The Labute approximate surface area is 79.1 Å². The first-order chi connectivity index (χ1) is 5.33. The Morgan fingerprint density at radius 2 is 2.00 bits per heavy atom. The van der Waals surface area contributed by atoms with Gasteiger partial charge in [0.1, 0.15) is 0 Å². The van der Waals surface area contributed by atoms with Crippen LogP contribution < -0.4 is 5.32 Å². The van der Waals surface area contributed by atoms with Crippen molar-refractivity contribution >= 4 is 34.2 Å². The maximum Gasteiger partial charge on any atom is 0.234 e. The number of nitrogens with one attached hydrogen (secondary N) is 1. The largest absolute Gasteiger partial charge is 0.325 e. The first-order valence-corrected chi connectivity index (χ1v) is 4.76. The van der Waals surface area contributed by atoms with Gasteiger partial charge in [0.15, 0.2) is 0 Å². The van der Waals surface area contributed by atoms with Gasteiger partial charge < -0.3 is 5.32 Å². The summed E-state index contributed by atoms with van der Waals surface area (Å²) in [6, 6.07) is 9.43. The molecule has 1 N–H and O–H groups in total. The number of para-hydroxylation sites is 1. The van der Waals surface area contributed by atoms with Gasteiger partial charge in [-0.15, -0.1) is 0 Å². The van der Waals surface area contributed by atoms with Crippen molar-refractivity contribution in [1.82, 2.24) is 0 Å². The average molecular weight is 261 g/mol. The molecule has 1 aromatic rings. The zero-order valence-corrected chi connectivity index (χ0v) is 8.04. The van der Waals surface area contributed by atoms with Gasteiger partial charge in [-0.25, -0.2) is 0 Å². The minimum atomic E-state index is 0.0387. The van der Waals surface area contributed by atoms with E-state index >= 15 is 0 Å². The summed E-state index contributed by atoms with van der Waals surface area (Å²) in [5.74, 6) is 0.0387. The lowest BCUT2D eigenvalue weighted by molar-refractivity contribution is -0.113. The molecule has 0 aliphatic carbocycles. The van der Waals surface area contributed by atoms with Gasteiger partial charge in [-0.05, 0) is 12.1 Å². The first kappa shape index (κ1) is 8.52. The summed E-state index contributed by atoms with van der Waals surface area (Å²) in [6.45, 7) is 0. The zero-order chi connectivity index (χ0) is 8.10. The minimum Gasteiger partial charge on any atom is -0.325 e. The predicted molar refractivity (Wildman–Crippen MR) is 54.0 cm³/mol. The number of hydrogen-bond acceptors (Lipinski definition) is 1. The van der Waals surface area contributed by atoms with Gasteiger partial charge in [0.25, 0.3) is 0 Å². The highest BCUT2D eigenvalue weighted by Crippen LogP contribution is 2.04. The number of amides is 1. The molecular weight excluding hydrogens is 253 g/mol. The second-order valence-corrected chi connectivity index (χ2v) is 2.81. The Morgan fingerprint density at radius 1 is 1.36 bits per heavy atom. The molecule has 0 atom stereocenters. The fraction of sp³-hybridized carbons (Fsp3) is 0.125. The van der Waals surface area contributed by atoms with Crippen LogP contribution in [0.5, 0.6) is 0 Å². The van der Waals surface area contributed by atoms with Gasteiger partial charge in [-0.3, -0.25) is 4.79 Å². The van der Waals surface area contributed by atoms with E-state index in [9.17, 15) is 4.79 Å². The monoisotopic (exact) mass is 261 g/mol. The van der Waals surface area contributed by atoms with Gasteiger partial charge in [0.2, 0.25) is 5.91 Å². The molecule has 0 bridgehead atoms. The molecule has 1 amide bonds. The van der Waals surface area contributed by atoms with Crippen molar-refractivity contribution < 1.29 is 4.79 Å². The molecule has 0 spiro atoms. The second kappa shape index (κ2) is 4.33. The van der Waals surface area contributed by atoms with Crippen LogP contribution in [0, 0.1) is 0 Å². The van der Waals surface area contributed by atoms with Crippen LogP contribution in [0.25, 0.3) is 0 Å². The molecule has 1 rings (SSSR count). The van der Waals surface area contributed by atoms with Crippen molar-refractivity contribution in [3.63, 3.8) is 0 Å². The van der Waals surface area contributed by atoms with Gasteiger partial charge >= 0.3 is 0 Å². The highest BCUT2D eigenvalue weighted by Gasteiger charge is 1.96. The van der Waals surface area contributed by atoms with E-state index in [1.165, 1.54) is 0 Å². The number of carbonyl (C=O) groups excluding carboxylic acids is 1. The van der Waals surface area contributed by atoms with E-state index in [2.05, 4.69) is 5.32 Å². The predicted octanol–water partition coefficient (Wildman–Crippen LogP) is 2.06. The third kappa shape index (κ3) is 2.88. The van der Waals surface area contributed by atoms with E-state index in [1.54, 1.807) is 0 Å². The Bertz CT molecular complexity index is 235. The Kier molecular flexibility index (Phi) is 3.35. The summed E-state index contributed by atoms with van der Waals surface area (Å²) in [7, 11) is 0. The highest BCUT2D eigenvalue weighted by atomic mass is 127. The maximum atomic E-state index is 10.9. The lowest BCUT2D eigenvalue weighted by Crippen LogP contribution is -2.11. The van der Waals surface area contributed by atoms with E-state index in [-0.39, 0.29) is 5.91 Å². The molecular formula is C8H8INO. The van der Waals surface area contributed by atoms with Gasteiger partial charge in [-0.2, -0.15) is 0 Å². The molecule has 0 fully saturated rings. The normalized spacial score (nSPS) is 9.18. The number of carbonyl (C=O) groups is 1. The molecule has 0 aliphatic heterocycles. The number of benzene rings is 1. The molecule has 2 nitrogen and oxygen atoms in total. The molecule has 0 aliphatic rings. The van der Waals surface area contributed by atoms with Crippen molar-refractivity contribution in [3.8, 4) is 0 Å². The van der Waals surface area contributed by atoms with Gasteiger partial charge in [0, 0.05) is 5.69 Å². The SMILES string of the molecule is O=C(CI)Nc1ccccc1. The van der Waals surface area contributed by atoms with E-state index in [1.807, 2.05) is 52.9 Å². The average Bonchev–Trinajstić information content (AvgIpc) is 2.06. The summed E-state index contributed by atoms with van der Waals surface area (Å²) in [5.41, 5.74) is 0.856. The molecule has 0 unspecified atom stereocenters. The van der Waals surface area contributed by atoms with Crippen LogP contribution in [0.2, 0.25) is 0 Å². The van der Waals surface area contributed by atoms with Crippen LogP contribution in [0.3, 0.4) is 0 Å². The summed E-state index contributed by atoms with van der Waals surface area (Å²) in [5, 5.41) is 2.75. The van der Waals surface area contributed by atoms with Crippen LogP contribution in [0.4, 0.5) is 5.69 Å². The Balaban J connectivity index is 2.58. The topological polar surface area (TPSA) is 29.1 Å². The van der Waals surface area contributed by atoms with Crippen molar-refractivity contribution in [2.75, 3.05) is 9.74 Å². The van der Waals surface area contributed by atoms with E-state index in [0.717, 1.165) is 5.69 Å². The molecule has 0 saturated heterocycles. The highest BCUT2D eigenvalue weighted by molar-refractivity contribution is 14.1. The van der Waals surface area contributed by atoms with Crippen molar-refractivity contribution in [2.24, 2.45) is 0 Å². The third-order valence-electron chi connectivity index (χ3n) is 1.18. The van der Waals surface area contributed by atoms with Crippen LogP contribution in [-0.2, 0) is 4.79 Å². The number of alkyl halides is 1. The van der Waals surface area contributed by atoms with Gasteiger partial charge in [-0.1, -0.05) is 40.8 Å². The van der Waals surface area contributed by atoms with E-state index in [4.69, 9.17) is 0 Å². The number of hydrogen-bond donors (Lipinski definition) is 1. The van der Waals surface area contributed by atoms with Crippen LogP contribution in [0.1, 0.15) is 0 Å². The Hall–Kier alpha value is -0.580. The van der Waals surface area contributed by atoms with Crippen molar-refractivity contribution in [1.29, 1.82) is 0 Å². The van der Waals surface area contributed by atoms with E-state index < -0.39 is 0 Å². The van der Waals surface area contributed by atoms with Crippen molar-refractivity contribution in [2.45, 2.75) is 0 Å². The van der Waals surface area contributed by atoms with Crippen LogP contribution in [-0.4, -0.2) is 10.3 Å². The minimum absolute atomic E-state index is 0.0387. The summed E-state index contributed by atoms with van der Waals surface area (Å²) < 4.78 is 0.493. The smallest absolute Gasteiger partial charge is 0.234 e. The van der Waals surface area contributed by atoms with Crippen molar-refractivity contribution in [3.05, 3.63) is 30.3 Å². The van der Waals surface area contributed by atoms with Crippen LogP contribution >= 0.6 is 22.6 Å². The fourth-order valence-electron chi connectivity index (χ4n) is 0.716. The maximum absolute atomic E-state index is 10.9. The number of rotatable bonds is 2. The first-order valence-electron chi connectivity index (χ1n) is 3.24. The molecule has 0 radical (unpaired) electrons. The van der Waals surface area contributed by atoms with Crippen LogP contribution in [0.15, 0.2) is 30.3 Å². The molecule has 0 heterocycles. The third-order valence-corrected chi connectivity index (χ3v) is 1.87. The zero-order valence-electron chi connectivity index (χ0n) is 5.88. The molecule has 11 heavy (non-hydrogen) atoms. The lowest BCUT2D eigenvalue weighted by atomic mass is 10.3. The lowest BCUT2D eigenvalue weighted by Gasteiger charge is -2.00. The summed E-state index contributed by atoms with van der Waals surface area (Å²) in [4.78, 5) is 10.9. The quantitative estimate of drug-likeness (QED) is 0.640. The molecule has 0 saturated carbocycles. The van der Waals surface area contributed by atoms with Gasteiger partial charge in [0.05, 0.1) is 4.43 Å². The standard InChI is InChI=1S/C8H8INO/c9-6-8(11)10-7-4-2-1-3-5-7/h1-5H,6H2,(H,10,11).